The van der Waals surface area contributed by atoms with Gasteiger partial charge < -0.3 is 15.6 Å². The third-order valence-electron chi connectivity index (χ3n) is 7.46. The first kappa shape index (κ1) is 22.1. The van der Waals surface area contributed by atoms with Gasteiger partial charge >= 0.3 is 0 Å². The van der Waals surface area contributed by atoms with Crippen LogP contribution in [0.25, 0.3) is 11.0 Å². The second-order valence-corrected chi connectivity index (χ2v) is 9.90. The van der Waals surface area contributed by atoms with Crippen molar-refractivity contribution in [3.63, 3.8) is 0 Å². The predicted octanol–water partition coefficient (Wildman–Crippen LogP) is 5.24. The summed E-state index contributed by atoms with van der Waals surface area (Å²) in [5.41, 5.74) is 6.56. The average Bonchev–Trinajstić information content (AvgIpc) is 3.17. The van der Waals surface area contributed by atoms with Crippen molar-refractivity contribution in [2.75, 3.05) is 18.5 Å². The molecule has 0 bridgehead atoms. The number of rotatable bonds is 3. The van der Waals surface area contributed by atoms with Crippen LogP contribution in [0.5, 0.6) is 0 Å². The first-order valence-corrected chi connectivity index (χ1v) is 11.6. The van der Waals surface area contributed by atoms with Crippen molar-refractivity contribution in [3.05, 3.63) is 18.6 Å². The fraction of sp³-hybridized carbons (Fsp3) is 0.750. The summed E-state index contributed by atoms with van der Waals surface area (Å²) < 4.78 is 0. The summed E-state index contributed by atoms with van der Waals surface area (Å²) in [6.07, 6.45) is 11.6. The molecule has 0 amide bonds. The number of nitrogens with one attached hydrogen (secondary N) is 1. The zero-order valence-electron chi connectivity index (χ0n) is 19.1. The number of hydrogen-bond acceptors (Lipinski definition) is 4. The average molecular weight is 400 g/mol. The van der Waals surface area contributed by atoms with Crippen LogP contribution in [0.2, 0.25) is 0 Å². The highest BCUT2D eigenvalue weighted by Crippen LogP contribution is 2.34. The van der Waals surface area contributed by atoms with Crippen LogP contribution in [0, 0.1) is 29.6 Å². The van der Waals surface area contributed by atoms with Crippen molar-refractivity contribution < 1.29 is 0 Å². The Labute approximate surface area is 176 Å². The largest absolute Gasteiger partial charge is 0.356 e. The zero-order chi connectivity index (χ0) is 21.0. The zero-order valence-corrected chi connectivity index (χ0v) is 19.1. The number of aromatic nitrogens is 3. The van der Waals surface area contributed by atoms with E-state index in [1.165, 1.54) is 38.5 Å². The molecule has 6 unspecified atom stereocenters. The summed E-state index contributed by atoms with van der Waals surface area (Å²) >= 11 is 0. The summed E-state index contributed by atoms with van der Waals surface area (Å²) in [4.78, 5) is 14.3. The van der Waals surface area contributed by atoms with Crippen molar-refractivity contribution in [2.45, 2.75) is 72.3 Å². The molecule has 0 spiro atoms. The van der Waals surface area contributed by atoms with Crippen LogP contribution in [0.3, 0.4) is 0 Å². The summed E-state index contributed by atoms with van der Waals surface area (Å²) in [6, 6.07) is 2.65. The lowest BCUT2D eigenvalue weighted by Gasteiger charge is -2.39. The number of anilines is 1. The molecule has 6 atom stereocenters. The van der Waals surface area contributed by atoms with Gasteiger partial charge in [0.2, 0.25) is 0 Å². The molecule has 2 aromatic heterocycles. The van der Waals surface area contributed by atoms with E-state index in [2.05, 4.69) is 60.7 Å². The van der Waals surface area contributed by atoms with E-state index in [4.69, 9.17) is 5.73 Å². The molecule has 2 aliphatic rings. The highest BCUT2D eigenvalue weighted by molar-refractivity contribution is 5.87. The Morgan fingerprint density at radius 1 is 1.00 bits per heavy atom. The Balaban J connectivity index is 0.000000204. The van der Waals surface area contributed by atoms with Crippen molar-refractivity contribution in [1.82, 2.24) is 15.0 Å². The van der Waals surface area contributed by atoms with Crippen LogP contribution in [0.15, 0.2) is 18.6 Å². The summed E-state index contributed by atoms with van der Waals surface area (Å²) in [5, 5.41) is 1.12. The maximum absolute atomic E-state index is 5.64. The van der Waals surface area contributed by atoms with Gasteiger partial charge in [-0.15, -0.1) is 0 Å². The molecule has 2 aliphatic carbocycles. The summed E-state index contributed by atoms with van der Waals surface area (Å²) in [5.74, 6) is 5.26. The monoisotopic (exact) mass is 399 g/mol. The van der Waals surface area contributed by atoms with Crippen LogP contribution >= 0.6 is 0 Å². The molecule has 2 saturated carbocycles. The summed E-state index contributed by atoms with van der Waals surface area (Å²) in [6.45, 7) is 10.3. The third-order valence-corrected chi connectivity index (χ3v) is 7.46. The van der Waals surface area contributed by atoms with E-state index < -0.39 is 0 Å². The van der Waals surface area contributed by atoms with Crippen molar-refractivity contribution in [1.29, 1.82) is 0 Å². The Morgan fingerprint density at radius 2 is 1.69 bits per heavy atom. The molecule has 2 aromatic rings. The van der Waals surface area contributed by atoms with Gasteiger partial charge in [-0.1, -0.05) is 34.1 Å². The van der Waals surface area contributed by atoms with E-state index in [-0.39, 0.29) is 0 Å². The van der Waals surface area contributed by atoms with Gasteiger partial charge in [-0.2, -0.15) is 0 Å². The van der Waals surface area contributed by atoms with Gasteiger partial charge in [0.25, 0.3) is 0 Å². The quantitative estimate of drug-likeness (QED) is 0.741. The summed E-state index contributed by atoms with van der Waals surface area (Å²) in [7, 11) is 2.17. The molecule has 3 N–H and O–H groups in total. The maximum atomic E-state index is 5.64. The third kappa shape index (κ3) is 5.30. The fourth-order valence-electron chi connectivity index (χ4n) is 5.60. The maximum Gasteiger partial charge on any atom is 0.142 e. The van der Waals surface area contributed by atoms with Crippen molar-refractivity contribution >= 4 is 16.9 Å². The van der Waals surface area contributed by atoms with E-state index >= 15 is 0 Å². The Kier molecular flexibility index (Phi) is 7.55. The second kappa shape index (κ2) is 9.92. The fourth-order valence-corrected chi connectivity index (χ4v) is 5.60. The van der Waals surface area contributed by atoms with Gasteiger partial charge in [0.05, 0.1) is 5.39 Å². The molecule has 5 heteroatoms. The molecular formula is C24H41N5. The van der Waals surface area contributed by atoms with Gasteiger partial charge in [-0.3, -0.25) is 0 Å². The number of nitrogens with two attached hydrogens (primary N) is 1. The number of fused-ring (bicyclic) bond motifs is 1. The molecule has 4 rings (SSSR count). The normalized spacial score (nSPS) is 32.5. The highest BCUT2D eigenvalue weighted by Gasteiger charge is 2.29. The second-order valence-electron chi connectivity index (χ2n) is 9.90. The standard InChI is InChI=1S/C15H22N4.C9H19N/c1-10-4-5-13(11(2)8-10)19(3)15-12-6-7-16-14(12)17-9-18-15;1-7-3-4-9(6-10)8(2)5-7/h6-7,9-11,13H,4-5,8H2,1-3H3,(H,16,17,18);7-9H,3-6,10H2,1-2H3. The molecular weight excluding hydrogens is 358 g/mol. The van der Waals surface area contributed by atoms with Gasteiger partial charge in [-0.05, 0) is 74.3 Å². The lowest BCUT2D eigenvalue weighted by Crippen LogP contribution is -2.41. The molecule has 5 nitrogen and oxygen atoms in total. The van der Waals surface area contributed by atoms with Crippen LogP contribution < -0.4 is 10.6 Å². The van der Waals surface area contributed by atoms with Gasteiger partial charge in [0.1, 0.15) is 17.8 Å². The smallest absolute Gasteiger partial charge is 0.142 e. The van der Waals surface area contributed by atoms with Gasteiger partial charge in [-0.25, -0.2) is 9.97 Å². The van der Waals surface area contributed by atoms with Crippen LogP contribution in [0.1, 0.15) is 66.2 Å². The van der Waals surface area contributed by atoms with E-state index in [0.29, 0.717) is 6.04 Å². The lowest BCUT2D eigenvalue weighted by atomic mass is 9.76. The Morgan fingerprint density at radius 3 is 2.34 bits per heavy atom. The predicted molar refractivity (Wildman–Crippen MR) is 123 cm³/mol. The SMILES string of the molecule is CC1CCC(CN)C(C)C1.CC1CCC(N(C)c2ncnc3[nH]ccc23)C(C)C1. The van der Waals surface area contributed by atoms with E-state index in [9.17, 15) is 0 Å². The van der Waals surface area contributed by atoms with Crippen LogP contribution in [-0.4, -0.2) is 34.6 Å². The molecule has 2 heterocycles. The topological polar surface area (TPSA) is 70.8 Å². The molecule has 0 aromatic carbocycles. The van der Waals surface area contributed by atoms with Crippen molar-refractivity contribution in [2.24, 2.45) is 35.3 Å². The number of H-pyrrole nitrogens is 1. The van der Waals surface area contributed by atoms with Crippen molar-refractivity contribution in [3.8, 4) is 0 Å². The minimum Gasteiger partial charge on any atom is -0.356 e. The first-order valence-electron chi connectivity index (χ1n) is 11.6. The minimum absolute atomic E-state index is 0.587. The number of nitrogens with zero attached hydrogens (tertiary/aromatic N) is 3. The molecule has 0 aliphatic heterocycles. The minimum atomic E-state index is 0.587. The number of hydrogen-bond donors (Lipinski definition) is 2. The number of aromatic amines is 1. The first-order chi connectivity index (χ1) is 13.9. The van der Waals surface area contributed by atoms with Gasteiger partial charge in [0.15, 0.2) is 0 Å². The van der Waals surface area contributed by atoms with Crippen LogP contribution in [-0.2, 0) is 0 Å². The Hall–Kier alpha value is -1.62. The van der Waals surface area contributed by atoms with E-state index in [1.807, 2.05) is 6.20 Å². The van der Waals surface area contributed by atoms with Crippen LogP contribution in [0.4, 0.5) is 5.82 Å². The molecule has 0 saturated heterocycles. The molecule has 29 heavy (non-hydrogen) atoms. The van der Waals surface area contributed by atoms with Gasteiger partial charge in [0, 0.05) is 19.3 Å². The Bertz CT molecular complexity index is 757. The molecule has 162 valence electrons. The molecule has 0 radical (unpaired) electrons. The molecule has 2 fully saturated rings. The van der Waals surface area contributed by atoms with E-state index in [1.54, 1.807) is 6.33 Å². The highest BCUT2D eigenvalue weighted by atomic mass is 15.2. The van der Waals surface area contributed by atoms with E-state index in [0.717, 1.165) is 53.0 Å². The lowest BCUT2D eigenvalue weighted by molar-refractivity contribution is 0.210.